The molecular weight excluding hydrogens is 306 g/mol. The lowest BCUT2D eigenvalue weighted by molar-refractivity contribution is 0.526. The Bertz CT molecular complexity index is 266. The summed E-state index contributed by atoms with van der Waals surface area (Å²) in [6.07, 6.45) is 2.22. The first-order chi connectivity index (χ1) is 6.58. The zero-order chi connectivity index (χ0) is 10.6. The molecule has 14 heavy (non-hydrogen) atoms. The van der Waals surface area contributed by atoms with E-state index in [2.05, 4.69) is 60.7 Å². The van der Waals surface area contributed by atoms with E-state index < -0.39 is 0 Å². The van der Waals surface area contributed by atoms with Crippen molar-refractivity contribution in [3.8, 4) is 0 Å². The molecule has 0 fully saturated rings. The highest BCUT2D eigenvalue weighted by molar-refractivity contribution is 14.1. The van der Waals surface area contributed by atoms with E-state index >= 15 is 0 Å². The highest BCUT2D eigenvalue weighted by atomic mass is 127. The Morgan fingerprint density at radius 3 is 2.29 bits per heavy atom. The maximum atomic E-state index is 5.96. The van der Waals surface area contributed by atoms with Crippen LogP contribution in [-0.2, 0) is 6.42 Å². The minimum absolute atomic E-state index is 0.286. The molecule has 0 saturated heterocycles. The lowest BCUT2D eigenvalue weighted by atomic mass is 9.97. The summed E-state index contributed by atoms with van der Waals surface area (Å²) in [4.78, 5) is 0. The standard InChI is InChI=1S/C12H16ClI/c1-9(7-10(2)13)8-11-3-5-12(14)6-4-11/h3-6,9-10H,7-8H2,1-2H3. The van der Waals surface area contributed by atoms with Crippen LogP contribution < -0.4 is 0 Å². The molecule has 0 nitrogen and oxygen atoms in total. The van der Waals surface area contributed by atoms with E-state index in [1.807, 2.05) is 0 Å². The maximum absolute atomic E-state index is 5.96. The molecule has 2 unspecified atom stereocenters. The van der Waals surface area contributed by atoms with Gasteiger partial charge in [-0.25, -0.2) is 0 Å². The van der Waals surface area contributed by atoms with Gasteiger partial charge in [0, 0.05) is 8.95 Å². The van der Waals surface area contributed by atoms with Crippen molar-refractivity contribution in [1.82, 2.24) is 0 Å². The van der Waals surface area contributed by atoms with Crippen LogP contribution in [0.1, 0.15) is 25.8 Å². The molecule has 0 bridgehead atoms. The monoisotopic (exact) mass is 322 g/mol. The van der Waals surface area contributed by atoms with Crippen molar-refractivity contribution in [2.75, 3.05) is 0 Å². The zero-order valence-electron chi connectivity index (χ0n) is 8.63. The number of rotatable bonds is 4. The molecule has 0 amide bonds. The molecule has 0 aliphatic carbocycles. The Kier molecular flexibility index (Phi) is 5.24. The highest BCUT2D eigenvalue weighted by Crippen LogP contribution is 2.17. The first-order valence-electron chi connectivity index (χ1n) is 4.96. The van der Waals surface area contributed by atoms with E-state index in [0.717, 1.165) is 12.8 Å². The topological polar surface area (TPSA) is 0 Å². The van der Waals surface area contributed by atoms with E-state index in [9.17, 15) is 0 Å². The zero-order valence-corrected chi connectivity index (χ0v) is 11.5. The van der Waals surface area contributed by atoms with Crippen LogP contribution in [0.15, 0.2) is 24.3 Å². The smallest absolute Gasteiger partial charge is 0.0310 e. The van der Waals surface area contributed by atoms with Crippen LogP contribution in [0, 0.1) is 9.49 Å². The molecule has 0 radical (unpaired) electrons. The third-order valence-corrected chi connectivity index (χ3v) is 3.12. The van der Waals surface area contributed by atoms with Crippen molar-refractivity contribution in [2.24, 2.45) is 5.92 Å². The van der Waals surface area contributed by atoms with Crippen LogP contribution in [-0.4, -0.2) is 5.38 Å². The molecule has 0 aliphatic heterocycles. The Morgan fingerprint density at radius 1 is 1.21 bits per heavy atom. The maximum Gasteiger partial charge on any atom is 0.0310 e. The Labute approximate surface area is 105 Å². The third kappa shape index (κ3) is 4.65. The van der Waals surface area contributed by atoms with Crippen LogP contribution in [0.25, 0.3) is 0 Å². The van der Waals surface area contributed by atoms with Crippen molar-refractivity contribution in [3.63, 3.8) is 0 Å². The predicted octanol–water partition coefficient (Wildman–Crippen LogP) is 4.49. The van der Waals surface area contributed by atoms with Crippen molar-refractivity contribution in [2.45, 2.75) is 32.1 Å². The summed E-state index contributed by atoms with van der Waals surface area (Å²) < 4.78 is 1.30. The lowest BCUT2D eigenvalue weighted by Gasteiger charge is -2.12. The molecule has 2 heteroatoms. The van der Waals surface area contributed by atoms with Gasteiger partial charge in [0.05, 0.1) is 0 Å². The van der Waals surface area contributed by atoms with Crippen LogP contribution in [0.5, 0.6) is 0 Å². The Hall–Kier alpha value is 0.240. The molecule has 0 heterocycles. The number of benzene rings is 1. The summed E-state index contributed by atoms with van der Waals surface area (Å²) >= 11 is 8.29. The first kappa shape index (κ1) is 12.3. The molecule has 1 aromatic rings. The molecule has 1 rings (SSSR count). The van der Waals surface area contributed by atoms with E-state index in [1.165, 1.54) is 9.13 Å². The fraction of sp³-hybridized carbons (Fsp3) is 0.500. The summed E-state index contributed by atoms with van der Waals surface area (Å²) in [5.74, 6) is 0.669. The second kappa shape index (κ2) is 5.96. The largest absolute Gasteiger partial charge is 0.123 e. The van der Waals surface area contributed by atoms with Crippen molar-refractivity contribution >= 4 is 34.2 Å². The van der Waals surface area contributed by atoms with Gasteiger partial charge in [-0.3, -0.25) is 0 Å². The lowest BCUT2D eigenvalue weighted by Crippen LogP contribution is -2.05. The van der Waals surface area contributed by atoms with E-state index in [0.29, 0.717) is 5.92 Å². The van der Waals surface area contributed by atoms with Crippen molar-refractivity contribution in [1.29, 1.82) is 0 Å². The summed E-state index contributed by atoms with van der Waals surface area (Å²) in [6.45, 7) is 4.32. The molecule has 1 aromatic carbocycles. The molecule has 0 spiro atoms. The van der Waals surface area contributed by atoms with Crippen LogP contribution in [0.3, 0.4) is 0 Å². The van der Waals surface area contributed by atoms with Gasteiger partial charge in [0.1, 0.15) is 0 Å². The van der Waals surface area contributed by atoms with E-state index in [-0.39, 0.29) is 5.38 Å². The molecule has 0 aromatic heterocycles. The average Bonchev–Trinajstić information content (AvgIpc) is 2.07. The normalized spacial score (nSPS) is 15.1. The molecule has 0 saturated carbocycles. The number of halogens is 2. The summed E-state index contributed by atoms with van der Waals surface area (Å²) in [6, 6.07) is 8.73. The Morgan fingerprint density at radius 2 is 1.79 bits per heavy atom. The van der Waals surface area contributed by atoms with E-state index in [1.54, 1.807) is 0 Å². The second-order valence-corrected chi connectivity index (χ2v) is 5.94. The first-order valence-corrected chi connectivity index (χ1v) is 6.48. The van der Waals surface area contributed by atoms with Gasteiger partial charge in [0.2, 0.25) is 0 Å². The molecule has 0 N–H and O–H groups in total. The molecular formula is C12H16ClI. The Balaban J connectivity index is 2.47. The van der Waals surface area contributed by atoms with Crippen molar-refractivity contribution < 1.29 is 0 Å². The van der Waals surface area contributed by atoms with Gasteiger partial charge < -0.3 is 0 Å². The van der Waals surface area contributed by atoms with E-state index in [4.69, 9.17) is 11.6 Å². The average molecular weight is 323 g/mol. The quantitative estimate of drug-likeness (QED) is 0.566. The van der Waals surface area contributed by atoms with Gasteiger partial charge in [-0.1, -0.05) is 19.1 Å². The summed E-state index contributed by atoms with van der Waals surface area (Å²) in [5.41, 5.74) is 1.41. The third-order valence-electron chi connectivity index (χ3n) is 2.22. The van der Waals surface area contributed by atoms with Crippen LogP contribution in [0.2, 0.25) is 0 Å². The number of hydrogen-bond acceptors (Lipinski definition) is 0. The highest BCUT2D eigenvalue weighted by Gasteiger charge is 2.06. The summed E-state index contributed by atoms with van der Waals surface area (Å²) in [5, 5.41) is 0.286. The van der Waals surface area contributed by atoms with Crippen LogP contribution in [0.4, 0.5) is 0 Å². The molecule has 0 aliphatic rings. The molecule has 78 valence electrons. The van der Waals surface area contributed by atoms with Gasteiger partial charge in [0.25, 0.3) is 0 Å². The SMILES string of the molecule is CC(Cl)CC(C)Cc1ccc(I)cc1. The van der Waals surface area contributed by atoms with Gasteiger partial charge in [-0.05, 0) is 66.0 Å². The summed E-state index contributed by atoms with van der Waals surface area (Å²) in [7, 11) is 0. The number of alkyl halides is 1. The number of hydrogen-bond donors (Lipinski definition) is 0. The minimum atomic E-state index is 0.286. The molecule has 2 atom stereocenters. The fourth-order valence-corrected chi connectivity index (χ4v) is 2.32. The fourth-order valence-electron chi connectivity index (χ4n) is 1.66. The van der Waals surface area contributed by atoms with Gasteiger partial charge >= 0.3 is 0 Å². The predicted molar refractivity (Wildman–Crippen MR) is 72.0 cm³/mol. The van der Waals surface area contributed by atoms with Crippen LogP contribution >= 0.6 is 34.2 Å². The van der Waals surface area contributed by atoms with Crippen molar-refractivity contribution in [3.05, 3.63) is 33.4 Å². The minimum Gasteiger partial charge on any atom is -0.123 e. The van der Waals surface area contributed by atoms with Gasteiger partial charge in [-0.15, -0.1) is 11.6 Å². The second-order valence-electron chi connectivity index (χ2n) is 3.95. The van der Waals surface area contributed by atoms with Gasteiger partial charge in [-0.2, -0.15) is 0 Å². The van der Waals surface area contributed by atoms with Gasteiger partial charge in [0.15, 0.2) is 0 Å².